The lowest BCUT2D eigenvalue weighted by Crippen LogP contribution is -2.43. The molecule has 0 radical (unpaired) electrons. The summed E-state index contributed by atoms with van der Waals surface area (Å²) in [5, 5.41) is 5.89. The second-order valence-electron chi connectivity index (χ2n) is 7.50. The molecule has 0 aliphatic carbocycles. The van der Waals surface area contributed by atoms with E-state index in [1.165, 1.54) is 0 Å². The van der Waals surface area contributed by atoms with Crippen LogP contribution >= 0.6 is 0 Å². The molecule has 0 unspecified atom stereocenters. The van der Waals surface area contributed by atoms with Crippen molar-refractivity contribution in [2.75, 3.05) is 32.0 Å². The van der Waals surface area contributed by atoms with E-state index in [0.717, 1.165) is 25.9 Å². The molecule has 1 aromatic carbocycles. The Hall–Kier alpha value is -1.88. The van der Waals surface area contributed by atoms with Crippen molar-refractivity contribution in [1.29, 1.82) is 0 Å². The van der Waals surface area contributed by atoms with Crippen LogP contribution < -0.4 is 10.6 Å². The largest absolute Gasteiger partial charge is 0.352 e. The van der Waals surface area contributed by atoms with E-state index in [1.807, 2.05) is 13.0 Å². The van der Waals surface area contributed by atoms with Crippen LogP contribution in [0.5, 0.6) is 0 Å². The van der Waals surface area contributed by atoms with Crippen LogP contribution in [-0.2, 0) is 4.79 Å². The number of nitrogens with one attached hydrogen (secondary N) is 2. The maximum absolute atomic E-state index is 12.7. The number of carbonyl (C=O) groups is 2. The first-order valence-electron chi connectivity index (χ1n) is 8.68. The SMILES string of the molecule is CC(C)CNC(=O)c1cccc(NC(=O)C2(C)CCN(C)CC2)c1. The topological polar surface area (TPSA) is 61.4 Å². The van der Waals surface area contributed by atoms with Crippen molar-refractivity contribution < 1.29 is 9.59 Å². The van der Waals surface area contributed by atoms with Gasteiger partial charge in [0.15, 0.2) is 0 Å². The van der Waals surface area contributed by atoms with Crippen LogP contribution in [0.4, 0.5) is 5.69 Å². The van der Waals surface area contributed by atoms with E-state index in [9.17, 15) is 9.59 Å². The summed E-state index contributed by atoms with van der Waals surface area (Å²) in [4.78, 5) is 27.1. The van der Waals surface area contributed by atoms with Crippen LogP contribution in [0.25, 0.3) is 0 Å². The van der Waals surface area contributed by atoms with E-state index in [-0.39, 0.29) is 17.2 Å². The summed E-state index contributed by atoms with van der Waals surface area (Å²) in [6.07, 6.45) is 1.70. The molecule has 1 heterocycles. The highest BCUT2D eigenvalue weighted by atomic mass is 16.2. The Morgan fingerprint density at radius 1 is 1.25 bits per heavy atom. The molecule has 0 aromatic heterocycles. The average Bonchev–Trinajstić information content (AvgIpc) is 2.55. The minimum atomic E-state index is -0.345. The van der Waals surface area contributed by atoms with Gasteiger partial charge in [-0.2, -0.15) is 0 Å². The molecule has 5 heteroatoms. The quantitative estimate of drug-likeness (QED) is 0.872. The molecule has 0 saturated carbocycles. The van der Waals surface area contributed by atoms with E-state index in [2.05, 4.69) is 36.4 Å². The number of benzene rings is 1. The zero-order valence-electron chi connectivity index (χ0n) is 15.2. The van der Waals surface area contributed by atoms with Gasteiger partial charge >= 0.3 is 0 Å². The summed E-state index contributed by atoms with van der Waals surface area (Å²) in [6.45, 7) is 8.64. The highest BCUT2D eigenvalue weighted by molar-refractivity contribution is 5.98. The Bertz CT molecular complexity index is 590. The molecule has 0 spiro atoms. The molecule has 2 amide bonds. The summed E-state index contributed by atoms with van der Waals surface area (Å²) in [5.74, 6) is 0.335. The first-order valence-corrected chi connectivity index (χ1v) is 8.68. The predicted molar refractivity (Wildman–Crippen MR) is 97.1 cm³/mol. The maximum atomic E-state index is 12.7. The smallest absolute Gasteiger partial charge is 0.251 e. The third-order valence-corrected chi connectivity index (χ3v) is 4.69. The highest BCUT2D eigenvalue weighted by Crippen LogP contribution is 2.31. The Balaban J connectivity index is 2.01. The van der Waals surface area contributed by atoms with Crippen molar-refractivity contribution in [3.63, 3.8) is 0 Å². The molecular weight excluding hydrogens is 302 g/mol. The number of amides is 2. The van der Waals surface area contributed by atoms with Gasteiger partial charge in [0.05, 0.1) is 0 Å². The minimum absolute atomic E-state index is 0.0374. The van der Waals surface area contributed by atoms with Gasteiger partial charge in [0.2, 0.25) is 5.91 Å². The standard InChI is InChI=1S/C19H29N3O2/c1-14(2)13-20-17(23)15-6-5-7-16(12-15)21-18(24)19(3)8-10-22(4)11-9-19/h5-7,12,14H,8-11,13H2,1-4H3,(H,20,23)(H,21,24). The summed E-state index contributed by atoms with van der Waals surface area (Å²) in [7, 11) is 2.08. The average molecular weight is 331 g/mol. The number of carbonyl (C=O) groups excluding carboxylic acids is 2. The molecule has 1 aliphatic rings. The van der Waals surface area contributed by atoms with Crippen molar-refractivity contribution in [2.24, 2.45) is 11.3 Å². The van der Waals surface area contributed by atoms with E-state index in [4.69, 9.17) is 0 Å². The Morgan fingerprint density at radius 2 is 1.92 bits per heavy atom. The van der Waals surface area contributed by atoms with Crippen LogP contribution in [-0.4, -0.2) is 43.4 Å². The third kappa shape index (κ3) is 4.81. The summed E-state index contributed by atoms with van der Waals surface area (Å²) in [5.41, 5.74) is 0.905. The van der Waals surface area contributed by atoms with Crippen LogP contribution in [0.2, 0.25) is 0 Å². The van der Waals surface area contributed by atoms with E-state index in [1.54, 1.807) is 18.2 Å². The maximum Gasteiger partial charge on any atom is 0.251 e. The number of anilines is 1. The number of piperidine rings is 1. The number of rotatable bonds is 5. The summed E-state index contributed by atoms with van der Waals surface area (Å²) < 4.78 is 0. The van der Waals surface area contributed by atoms with Gasteiger partial charge in [-0.15, -0.1) is 0 Å². The van der Waals surface area contributed by atoms with Crippen LogP contribution in [0.15, 0.2) is 24.3 Å². The second-order valence-corrected chi connectivity index (χ2v) is 7.50. The molecule has 1 aliphatic heterocycles. The molecule has 2 rings (SSSR count). The highest BCUT2D eigenvalue weighted by Gasteiger charge is 2.36. The molecule has 1 aromatic rings. The van der Waals surface area contributed by atoms with Crippen molar-refractivity contribution in [1.82, 2.24) is 10.2 Å². The predicted octanol–water partition coefficient (Wildman–Crippen LogP) is 2.74. The van der Waals surface area contributed by atoms with E-state index in [0.29, 0.717) is 23.7 Å². The fraction of sp³-hybridized carbons (Fsp3) is 0.579. The Kier molecular flexibility index (Phi) is 5.99. The molecule has 2 N–H and O–H groups in total. The second kappa shape index (κ2) is 7.79. The lowest BCUT2D eigenvalue weighted by Gasteiger charge is -2.36. The van der Waals surface area contributed by atoms with Gasteiger partial charge < -0.3 is 15.5 Å². The number of hydrogen-bond donors (Lipinski definition) is 2. The molecule has 1 fully saturated rings. The van der Waals surface area contributed by atoms with Crippen molar-refractivity contribution in [3.8, 4) is 0 Å². The van der Waals surface area contributed by atoms with Gasteiger partial charge in [0.1, 0.15) is 0 Å². The zero-order chi connectivity index (χ0) is 17.7. The zero-order valence-corrected chi connectivity index (χ0v) is 15.2. The first-order chi connectivity index (χ1) is 11.3. The van der Waals surface area contributed by atoms with Gasteiger partial charge in [-0.1, -0.05) is 26.8 Å². The Labute approximate surface area is 144 Å². The molecule has 5 nitrogen and oxygen atoms in total. The fourth-order valence-corrected chi connectivity index (χ4v) is 2.76. The summed E-state index contributed by atoms with van der Waals surface area (Å²) >= 11 is 0. The van der Waals surface area contributed by atoms with Crippen LogP contribution in [0.3, 0.4) is 0 Å². The normalized spacial score (nSPS) is 17.5. The molecule has 1 saturated heterocycles. The number of hydrogen-bond acceptors (Lipinski definition) is 3. The van der Waals surface area contributed by atoms with Crippen LogP contribution in [0, 0.1) is 11.3 Å². The first kappa shape index (κ1) is 18.5. The summed E-state index contributed by atoms with van der Waals surface area (Å²) in [6, 6.07) is 7.14. The van der Waals surface area contributed by atoms with Crippen molar-refractivity contribution in [3.05, 3.63) is 29.8 Å². The monoisotopic (exact) mass is 331 g/mol. The molecule has 0 atom stereocenters. The third-order valence-electron chi connectivity index (χ3n) is 4.69. The van der Waals surface area contributed by atoms with Gasteiger partial charge in [-0.25, -0.2) is 0 Å². The number of likely N-dealkylation sites (tertiary alicyclic amines) is 1. The van der Waals surface area contributed by atoms with Crippen molar-refractivity contribution in [2.45, 2.75) is 33.6 Å². The van der Waals surface area contributed by atoms with Gasteiger partial charge in [-0.3, -0.25) is 9.59 Å². The van der Waals surface area contributed by atoms with E-state index < -0.39 is 0 Å². The van der Waals surface area contributed by atoms with Gasteiger partial charge in [0.25, 0.3) is 5.91 Å². The lowest BCUT2D eigenvalue weighted by atomic mass is 9.79. The van der Waals surface area contributed by atoms with Gasteiger partial charge in [-0.05, 0) is 57.1 Å². The van der Waals surface area contributed by atoms with Crippen molar-refractivity contribution >= 4 is 17.5 Å². The minimum Gasteiger partial charge on any atom is -0.352 e. The Morgan fingerprint density at radius 3 is 2.54 bits per heavy atom. The van der Waals surface area contributed by atoms with Gasteiger partial charge in [0, 0.05) is 23.2 Å². The number of nitrogens with zero attached hydrogens (tertiary/aromatic N) is 1. The molecule has 132 valence electrons. The lowest BCUT2D eigenvalue weighted by molar-refractivity contribution is -0.127. The fourth-order valence-electron chi connectivity index (χ4n) is 2.76. The molecular formula is C19H29N3O2. The van der Waals surface area contributed by atoms with E-state index >= 15 is 0 Å². The molecule has 24 heavy (non-hydrogen) atoms. The van der Waals surface area contributed by atoms with Crippen LogP contribution in [0.1, 0.15) is 44.0 Å². The molecule has 0 bridgehead atoms.